The van der Waals surface area contributed by atoms with Crippen LogP contribution in [0.25, 0.3) is 0 Å². The molecular formula is C43H79N7O9. The van der Waals surface area contributed by atoms with Crippen molar-refractivity contribution in [2.24, 2.45) is 23.5 Å². The van der Waals surface area contributed by atoms with E-state index in [4.69, 9.17) is 5.73 Å². The number of aliphatic hydroxyl groups excluding tert-OH is 2. The van der Waals surface area contributed by atoms with E-state index in [9.17, 15) is 43.8 Å². The summed E-state index contributed by atoms with van der Waals surface area (Å²) < 4.78 is 0. The van der Waals surface area contributed by atoms with Gasteiger partial charge in [0.25, 0.3) is 0 Å². The van der Waals surface area contributed by atoms with Crippen LogP contribution in [0, 0.1) is 17.8 Å². The van der Waals surface area contributed by atoms with Gasteiger partial charge in [0.15, 0.2) is 0 Å². The minimum Gasteiger partial charge on any atom is -0.394 e. The number of nitrogens with zero attached hydrogens (tertiary/aromatic N) is 1. The van der Waals surface area contributed by atoms with E-state index in [2.05, 4.69) is 33.5 Å². The van der Waals surface area contributed by atoms with Gasteiger partial charge in [-0.2, -0.15) is 0 Å². The molecule has 7 amide bonds. The Hall–Kier alpha value is -3.79. The highest BCUT2D eigenvalue weighted by atomic mass is 16.3. The monoisotopic (exact) mass is 838 g/mol. The number of rotatable bonds is 29. The lowest BCUT2D eigenvalue weighted by molar-refractivity contribution is -0.145. The summed E-state index contributed by atoms with van der Waals surface area (Å²) in [5, 5.41) is 34.1. The Morgan fingerprint density at radius 2 is 1.29 bits per heavy atom. The van der Waals surface area contributed by atoms with Crippen molar-refractivity contribution in [3.63, 3.8) is 0 Å². The van der Waals surface area contributed by atoms with Crippen LogP contribution < -0.4 is 32.3 Å². The summed E-state index contributed by atoms with van der Waals surface area (Å²) in [5.74, 6) is -4.54. The average molecular weight is 838 g/mol. The fourth-order valence-electron chi connectivity index (χ4n) is 7.33. The highest BCUT2D eigenvalue weighted by Gasteiger charge is 2.45. The van der Waals surface area contributed by atoms with E-state index in [1.807, 2.05) is 27.7 Å². The molecule has 1 fully saturated rings. The number of aliphatic hydroxyl groups is 2. The van der Waals surface area contributed by atoms with E-state index >= 15 is 0 Å². The molecule has 16 heteroatoms. The third kappa shape index (κ3) is 20.4. The zero-order chi connectivity index (χ0) is 44.9. The minimum absolute atomic E-state index is 0.0733. The van der Waals surface area contributed by atoms with Crippen molar-refractivity contribution >= 4 is 41.4 Å². The molecule has 0 aromatic carbocycles. The summed E-state index contributed by atoms with van der Waals surface area (Å²) in [7, 11) is 0. The van der Waals surface area contributed by atoms with Gasteiger partial charge in [0.05, 0.1) is 18.8 Å². The van der Waals surface area contributed by atoms with Crippen LogP contribution in [0.15, 0.2) is 0 Å². The predicted molar refractivity (Wildman–Crippen MR) is 227 cm³/mol. The lowest BCUT2D eigenvalue weighted by Crippen LogP contribution is -2.61. The second-order valence-corrected chi connectivity index (χ2v) is 18.1. The van der Waals surface area contributed by atoms with E-state index in [1.165, 1.54) is 37.0 Å². The number of amides is 7. The Morgan fingerprint density at radius 1 is 0.729 bits per heavy atom. The summed E-state index contributed by atoms with van der Waals surface area (Å²) in [6.07, 6.45) is 9.48. The van der Waals surface area contributed by atoms with Crippen LogP contribution in [0.3, 0.4) is 0 Å². The number of likely N-dealkylation sites (tertiary alicyclic amines) is 1. The Morgan fingerprint density at radius 3 is 1.81 bits per heavy atom. The van der Waals surface area contributed by atoms with E-state index in [1.54, 1.807) is 27.7 Å². The molecular weight excluding hydrogens is 759 g/mol. The maximum absolute atomic E-state index is 13.9. The van der Waals surface area contributed by atoms with Crippen molar-refractivity contribution in [3.8, 4) is 0 Å². The number of β-amino-alcohol motifs (C(OH)–C–C–N with tert-alkyl or cyclic N) is 1. The lowest BCUT2D eigenvalue weighted by Gasteiger charge is -2.34. The highest BCUT2D eigenvalue weighted by molar-refractivity contribution is 5.97. The van der Waals surface area contributed by atoms with Gasteiger partial charge >= 0.3 is 0 Å². The lowest BCUT2D eigenvalue weighted by atomic mass is 9.98. The largest absolute Gasteiger partial charge is 0.394 e. The molecule has 1 aliphatic heterocycles. The molecule has 1 aliphatic rings. The molecule has 16 nitrogen and oxygen atoms in total. The molecule has 0 bridgehead atoms. The average Bonchev–Trinajstić information content (AvgIpc) is 3.54. The van der Waals surface area contributed by atoms with Crippen LogP contribution in [0.4, 0.5) is 0 Å². The van der Waals surface area contributed by atoms with Crippen molar-refractivity contribution in [2.45, 2.75) is 200 Å². The standard InChI is InChI=1S/C43H79N7O9/c1-10-11-12-13-14-15-16-17-18-19-36(54)49-43(8,9)42(59)50-25-31(52)24-34(50)40(57)47-33(23-28(4)5)39(56)48-37(29(6)7)41(58)46-32(20-21-35(44)53)38(55)45-30(26-51)22-27(2)3/h27-34,37,51-52H,10-26H2,1-9H3,(H2,44,53)(H,45,55)(H,46,58)(H,47,57)(H,48,56)(H,49,54)/t30-,31-,32?,33?,34-,37-/m0/s1. The van der Waals surface area contributed by atoms with Crippen LogP contribution in [0.2, 0.25) is 0 Å². The number of nitrogens with two attached hydrogens (primary N) is 1. The summed E-state index contributed by atoms with van der Waals surface area (Å²) in [5.41, 5.74) is 3.97. The molecule has 0 radical (unpaired) electrons. The van der Waals surface area contributed by atoms with Crippen LogP contribution >= 0.6 is 0 Å². The number of hydrogen-bond donors (Lipinski definition) is 8. The number of unbranched alkanes of at least 4 members (excludes halogenated alkanes) is 8. The summed E-state index contributed by atoms with van der Waals surface area (Å²) in [4.78, 5) is 94.3. The zero-order valence-electron chi connectivity index (χ0n) is 37.5. The van der Waals surface area contributed by atoms with Crippen molar-refractivity contribution in [3.05, 3.63) is 0 Å². The van der Waals surface area contributed by atoms with Gasteiger partial charge in [-0.3, -0.25) is 33.6 Å². The molecule has 0 spiro atoms. The van der Waals surface area contributed by atoms with Gasteiger partial charge in [-0.1, -0.05) is 99.8 Å². The van der Waals surface area contributed by atoms with Gasteiger partial charge in [0.1, 0.15) is 29.7 Å². The van der Waals surface area contributed by atoms with Crippen LogP contribution in [0.5, 0.6) is 0 Å². The smallest absolute Gasteiger partial charge is 0.248 e. The summed E-state index contributed by atoms with van der Waals surface area (Å²) in [6, 6.07) is -5.19. The van der Waals surface area contributed by atoms with Crippen molar-refractivity contribution < 1.29 is 43.8 Å². The molecule has 340 valence electrons. The maximum Gasteiger partial charge on any atom is 0.248 e. The van der Waals surface area contributed by atoms with Gasteiger partial charge in [-0.15, -0.1) is 0 Å². The summed E-state index contributed by atoms with van der Waals surface area (Å²) >= 11 is 0. The van der Waals surface area contributed by atoms with Gasteiger partial charge in [-0.05, 0) is 57.3 Å². The Bertz CT molecular complexity index is 1360. The Balaban J connectivity index is 3.05. The van der Waals surface area contributed by atoms with Crippen molar-refractivity contribution in [2.75, 3.05) is 13.2 Å². The van der Waals surface area contributed by atoms with Crippen LogP contribution in [-0.4, -0.2) is 111 Å². The molecule has 9 N–H and O–H groups in total. The van der Waals surface area contributed by atoms with Gasteiger partial charge < -0.3 is 47.4 Å². The van der Waals surface area contributed by atoms with E-state index in [0.29, 0.717) is 12.8 Å². The fraction of sp³-hybridized carbons (Fsp3) is 0.837. The van der Waals surface area contributed by atoms with Crippen LogP contribution in [-0.2, 0) is 33.6 Å². The first kappa shape index (κ1) is 53.2. The molecule has 1 rings (SSSR count). The topological polar surface area (TPSA) is 249 Å². The number of hydrogen-bond acceptors (Lipinski definition) is 9. The van der Waals surface area contributed by atoms with Crippen molar-refractivity contribution in [1.82, 2.24) is 31.5 Å². The van der Waals surface area contributed by atoms with E-state index < -0.39 is 83.2 Å². The quantitative estimate of drug-likeness (QED) is 0.0516. The Labute approximate surface area is 353 Å². The zero-order valence-corrected chi connectivity index (χ0v) is 37.5. The Kier molecular flexibility index (Phi) is 24.5. The van der Waals surface area contributed by atoms with Gasteiger partial charge in [0, 0.05) is 25.8 Å². The van der Waals surface area contributed by atoms with Crippen LogP contribution in [0.1, 0.15) is 159 Å². The number of carbonyl (C=O) groups is 7. The molecule has 1 heterocycles. The van der Waals surface area contributed by atoms with E-state index in [0.717, 1.165) is 19.3 Å². The molecule has 0 aromatic heterocycles. The molecule has 0 saturated carbocycles. The normalized spacial score (nSPS) is 17.6. The molecule has 0 aliphatic carbocycles. The third-order valence-corrected chi connectivity index (χ3v) is 10.6. The molecule has 59 heavy (non-hydrogen) atoms. The van der Waals surface area contributed by atoms with Crippen molar-refractivity contribution in [1.29, 1.82) is 0 Å². The van der Waals surface area contributed by atoms with Gasteiger partial charge in [0.2, 0.25) is 41.4 Å². The molecule has 2 unspecified atom stereocenters. The molecule has 1 saturated heterocycles. The first-order valence-electron chi connectivity index (χ1n) is 22.0. The second kappa shape index (κ2) is 27.1. The summed E-state index contributed by atoms with van der Waals surface area (Å²) in [6.45, 7) is 15.8. The van der Waals surface area contributed by atoms with E-state index in [-0.39, 0.29) is 63.0 Å². The number of carbonyl (C=O) groups excluding carboxylic acids is 7. The predicted octanol–water partition coefficient (Wildman–Crippen LogP) is 2.71. The second-order valence-electron chi connectivity index (χ2n) is 18.1. The maximum atomic E-state index is 13.9. The SMILES string of the molecule is CCCCCCCCCCCC(=O)NC(C)(C)C(=O)N1C[C@@H](O)C[C@H]1C(=O)NC(CC(C)C)C(=O)N[C@H](C(=O)NC(CCC(N)=O)C(=O)N[C@H](CO)CC(C)C)C(C)C. The third-order valence-electron chi connectivity index (χ3n) is 10.6. The number of primary amides is 1. The first-order chi connectivity index (χ1) is 27.6. The first-order valence-corrected chi connectivity index (χ1v) is 22.0. The fourth-order valence-corrected chi connectivity index (χ4v) is 7.33. The molecule has 6 atom stereocenters. The molecule has 0 aromatic rings. The number of nitrogens with one attached hydrogen (secondary N) is 5. The minimum atomic E-state index is -1.37. The van der Waals surface area contributed by atoms with Gasteiger partial charge in [-0.25, -0.2) is 0 Å². The highest BCUT2D eigenvalue weighted by Crippen LogP contribution is 2.23.